The topological polar surface area (TPSA) is 12.0 Å². The van der Waals surface area contributed by atoms with Crippen LogP contribution in [-0.4, -0.2) is 13.1 Å². The molecule has 2 aliphatic rings. The third-order valence-electron chi connectivity index (χ3n) is 5.32. The van der Waals surface area contributed by atoms with Crippen molar-refractivity contribution in [2.45, 2.75) is 57.8 Å². The third kappa shape index (κ3) is 3.09. The van der Waals surface area contributed by atoms with Crippen LogP contribution in [0.25, 0.3) is 0 Å². The van der Waals surface area contributed by atoms with Crippen molar-refractivity contribution < 1.29 is 0 Å². The van der Waals surface area contributed by atoms with Crippen LogP contribution >= 0.6 is 0 Å². The molecule has 3 rings (SSSR count). The van der Waals surface area contributed by atoms with Crippen molar-refractivity contribution >= 4 is 0 Å². The first kappa shape index (κ1) is 14.1. The second kappa shape index (κ2) is 6.30. The Bertz CT molecular complexity index is 416. The predicted octanol–water partition coefficient (Wildman–Crippen LogP) is 4.69. The van der Waals surface area contributed by atoms with Crippen LogP contribution in [0.4, 0.5) is 0 Å². The van der Waals surface area contributed by atoms with Crippen molar-refractivity contribution in [3.05, 3.63) is 35.4 Å². The summed E-state index contributed by atoms with van der Waals surface area (Å²) in [4.78, 5) is 0. The highest BCUT2D eigenvalue weighted by Crippen LogP contribution is 2.43. The largest absolute Gasteiger partial charge is 0.316 e. The average molecular weight is 271 g/mol. The van der Waals surface area contributed by atoms with Crippen molar-refractivity contribution in [1.82, 2.24) is 5.32 Å². The molecule has 1 aromatic rings. The number of rotatable bonds is 6. The minimum absolute atomic E-state index is 0.760. The lowest BCUT2D eigenvalue weighted by atomic mass is 9.69. The number of nitrogens with one attached hydrogen (secondary N) is 1. The molecule has 0 bridgehead atoms. The van der Waals surface area contributed by atoms with Crippen LogP contribution in [0.5, 0.6) is 0 Å². The first-order valence-corrected chi connectivity index (χ1v) is 8.54. The molecule has 1 aromatic carbocycles. The van der Waals surface area contributed by atoms with Gasteiger partial charge in [-0.2, -0.15) is 0 Å². The lowest BCUT2D eigenvalue weighted by Gasteiger charge is -2.38. The van der Waals surface area contributed by atoms with Crippen molar-refractivity contribution in [3.8, 4) is 0 Å². The van der Waals surface area contributed by atoms with Gasteiger partial charge in [0.1, 0.15) is 0 Å². The van der Waals surface area contributed by atoms with E-state index in [2.05, 4.69) is 43.4 Å². The molecular formula is C19H29N. The van der Waals surface area contributed by atoms with Crippen LogP contribution in [-0.2, 0) is 0 Å². The van der Waals surface area contributed by atoms with Gasteiger partial charge in [0.2, 0.25) is 0 Å². The van der Waals surface area contributed by atoms with E-state index >= 15 is 0 Å². The van der Waals surface area contributed by atoms with Crippen LogP contribution in [0.3, 0.4) is 0 Å². The van der Waals surface area contributed by atoms with Crippen LogP contribution in [0.1, 0.15) is 68.9 Å². The molecule has 1 heteroatoms. The molecule has 1 nitrogen and oxygen atoms in total. The first-order valence-electron chi connectivity index (χ1n) is 8.54. The fourth-order valence-corrected chi connectivity index (χ4v) is 3.57. The maximum atomic E-state index is 3.63. The Hall–Kier alpha value is -0.820. The molecule has 0 saturated heterocycles. The monoisotopic (exact) mass is 271 g/mol. The van der Waals surface area contributed by atoms with Crippen LogP contribution in [0, 0.1) is 11.8 Å². The van der Waals surface area contributed by atoms with E-state index < -0.39 is 0 Å². The van der Waals surface area contributed by atoms with Gasteiger partial charge in [-0.1, -0.05) is 44.5 Å². The van der Waals surface area contributed by atoms with E-state index in [4.69, 9.17) is 0 Å². The molecule has 0 spiro atoms. The molecule has 2 saturated carbocycles. The fraction of sp³-hybridized carbons (Fsp3) is 0.684. The zero-order valence-corrected chi connectivity index (χ0v) is 13.1. The summed E-state index contributed by atoms with van der Waals surface area (Å²) < 4.78 is 0. The molecule has 20 heavy (non-hydrogen) atoms. The summed E-state index contributed by atoms with van der Waals surface area (Å²) in [5, 5.41) is 3.63. The maximum absolute atomic E-state index is 3.63. The minimum atomic E-state index is 0.760. The van der Waals surface area contributed by atoms with Crippen molar-refractivity contribution in [1.29, 1.82) is 0 Å². The van der Waals surface area contributed by atoms with Gasteiger partial charge in [-0.15, -0.1) is 0 Å². The SMILES string of the molecule is CC(C)CNCC1CCC1c1ccc(C2CCC2)cc1. The molecule has 0 radical (unpaired) electrons. The summed E-state index contributed by atoms with van der Waals surface area (Å²) >= 11 is 0. The number of hydrogen-bond acceptors (Lipinski definition) is 1. The number of hydrogen-bond donors (Lipinski definition) is 1. The fourth-order valence-electron chi connectivity index (χ4n) is 3.57. The normalized spacial score (nSPS) is 26.4. The van der Waals surface area contributed by atoms with E-state index in [0.29, 0.717) is 0 Å². The van der Waals surface area contributed by atoms with Crippen molar-refractivity contribution in [3.63, 3.8) is 0 Å². The third-order valence-corrected chi connectivity index (χ3v) is 5.32. The van der Waals surface area contributed by atoms with Gasteiger partial charge in [0.15, 0.2) is 0 Å². The highest BCUT2D eigenvalue weighted by molar-refractivity contribution is 5.30. The minimum Gasteiger partial charge on any atom is -0.316 e. The van der Waals surface area contributed by atoms with E-state index in [1.807, 2.05) is 0 Å². The zero-order chi connectivity index (χ0) is 13.9. The Morgan fingerprint density at radius 2 is 1.70 bits per heavy atom. The van der Waals surface area contributed by atoms with Gasteiger partial charge in [0, 0.05) is 0 Å². The Labute approximate surface area is 124 Å². The number of benzene rings is 1. The molecule has 1 N–H and O–H groups in total. The molecule has 2 atom stereocenters. The Morgan fingerprint density at radius 1 is 1.00 bits per heavy atom. The molecule has 110 valence electrons. The summed E-state index contributed by atoms with van der Waals surface area (Å²) in [5.41, 5.74) is 3.16. The highest BCUT2D eigenvalue weighted by atomic mass is 14.9. The van der Waals surface area contributed by atoms with E-state index in [0.717, 1.165) is 30.2 Å². The molecule has 0 aliphatic heterocycles. The summed E-state index contributed by atoms with van der Waals surface area (Å²) in [5.74, 6) is 3.30. The van der Waals surface area contributed by atoms with Gasteiger partial charge in [-0.05, 0) is 73.6 Å². The molecule has 0 heterocycles. The lowest BCUT2D eigenvalue weighted by molar-refractivity contribution is 0.243. The van der Waals surface area contributed by atoms with Gasteiger partial charge in [-0.3, -0.25) is 0 Å². The van der Waals surface area contributed by atoms with Crippen molar-refractivity contribution in [2.75, 3.05) is 13.1 Å². The first-order chi connectivity index (χ1) is 9.74. The quantitative estimate of drug-likeness (QED) is 0.791. The Balaban J connectivity index is 1.53. The Morgan fingerprint density at radius 3 is 2.20 bits per heavy atom. The lowest BCUT2D eigenvalue weighted by Crippen LogP contribution is -2.35. The summed E-state index contributed by atoms with van der Waals surface area (Å²) in [6, 6.07) is 9.62. The second-order valence-corrected chi connectivity index (χ2v) is 7.29. The van der Waals surface area contributed by atoms with Gasteiger partial charge in [-0.25, -0.2) is 0 Å². The van der Waals surface area contributed by atoms with Crippen LogP contribution < -0.4 is 5.32 Å². The molecule has 0 amide bonds. The van der Waals surface area contributed by atoms with Gasteiger partial charge in [0.05, 0.1) is 0 Å². The van der Waals surface area contributed by atoms with E-state index in [9.17, 15) is 0 Å². The van der Waals surface area contributed by atoms with Gasteiger partial charge >= 0.3 is 0 Å². The van der Waals surface area contributed by atoms with Crippen LogP contribution in [0.2, 0.25) is 0 Å². The van der Waals surface area contributed by atoms with Crippen LogP contribution in [0.15, 0.2) is 24.3 Å². The van der Waals surface area contributed by atoms with Gasteiger partial charge < -0.3 is 5.32 Å². The van der Waals surface area contributed by atoms with E-state index in [-0.39, 0.29) is 0 Å². The summed E-state index contributed by atoms with van der Waals surface area (Å²) in [7, 11) is 0. The average Bonchev–Trinajstić information content (AvgIpc) is 2.33. The summed E-state index contributed by atoms with van der Waals surface area (Å²) in [6.07, 6.45) is 7.03. The molecule has 2 unspecified atom stereocenters. The molecule has 0 aromatic heterocycles. The van der Waals surface area contributed by atoms with Crippen molar-refractivity contribution in [2.24, 2.45) is 11.8 Å². The Kier molecular flexibility index (Phi) is 4.45. The smallest absolute Gasteiger partial charge is 0.00146 e. The zero-order valence-electron chi connectivity index (χ0n) is 13.1. The predicted molar refractivity (Wildman–Crippen MR) is 86.2 cm³/mol. The second-order valence-electron chi connectivity index (χ2n) is 7.29. The molecule has 2 aliphatic carbocycles. The van der Waals surface area contributed by atoms with E-state index in [1.165, 1.54) is 38.6 Å². The van der Waals surface area contributed by atoms with E-state index in [1.54, 1.807) is 11.1 Å². The van der Waals surface area contributed by atoms with Gasteiger partial charge in [0.25, 0.3) is 0 Å². The molecular weight excluding hydrogens is 242 g/mol. The standard InChI is InChI=1S/C19H29N/c1-14(2)12-20-13-18-10-11-19(18)17-8-6-16(7-9-17)15-4-3-5-15/h6-9,14-15,18-20H,3-5,10-13H2,1-2H3. The highest BCUT2D eigenvalue weighted by Gasteiger charge is 2.31. The molecule has 2 fully saturated rings. The maximum Gasteiger partial charge on any atom is -0.00146 e. The summed E-state index contributed by atoms with van der Waals surface area (Å²) in [6.45, 7) is 6.92.